The first kappa shape index (κ1) is 17.2. The van der Waals surface area contributed by atoms with Crippen LogP contribution in [-0.2, 0) is 25.2 Å². The monoisotopic (exact) mass is 338 g/mol. The Balaban J connectivity index is 2.03. The van der Waals surface area contributed by atoms with E-state index in [9.17, 15) is 21.6 Å². The Hall–Kier alpha value is -1.12. The van der Waals surface area contributed by atoms with Crippen LogP contribution in [0, 0.1) is 0 Å². The highest BCUT2D eigenvalue weighted by Gasteiger charge is 2.38. The maximum absolute atomic E-state index is 12.5. The Labute approximate surface area is 127 Å². The number of hydrogen-bond acceptors (Lipinski definition) is 4. The highest BCUT2D eigenvalue weighted by molar-refractivity contribution is 7.85. The van der Waals surface area contributed by atoms with Gasteiger partial charge in [0.1, 0.15) is 0 Å². The number of alkyl halides is 3. The van der Waals surface area contributed by atoms with Crippen molar-refractivity contribution in [3.63, 3.8) is 0 Å². The van der Waals surface area contributed by atoms with Crippen LogP contribution in [0.25, 0.3) is 0 Å². The Kier molecular flexibility index (Phi) is 4.56. The van der Waals surface area contributed by atoms with Gasteiger partial charge in [0.2, 0.25) is 0 Å². The van der Waals surface area contributed by atoms with Crippen molar-refractivity contribution in [3.8, 4) is 0 Å². The van der Waals surface area contributed by atoms with Gasteiger partial charge in [0.15, 0.2) is 0 Å². The van der Waals surface area contributed by atoms with E-state index in [0.29, 0.717) is 18.4 Å². The summed E-state index contributed by atoms with van der Waals surface area (Å²) in [6, 6.07) is 4.80. The Morgan fingerprint density at radius 3 is 2.41 bits per heavy atom. The minimum absolute atomic E-state index is 0.108. The Morgan fingerprint density at radius 1 is 1.32 bits per heavy atom. The van der Waals surface area contributed by atoms with Gasteiger partial charge in [-0.3, -0.25) is 4.18 Å². The van der Waals surface area contributed by atoms with Gasteiger partial charge in [-0.15, -0.1) is 0 Å². The quantitative estimate of drug-likeness (QED) is 0.791. The molecule has 2 atom stereocenters. The molecule has 1 saturated heterocycles. The van der Waals surface area contributed by atoms with Crippen LogP contribution in [0.15, 0.2) is 24.3 Å². The van der Waals surface area contributed by atoms with E-state index in [2.05, 4.69) is 0 Å². The summed E-state index contributed by atoms with van der Waals surface area (Å²) in [4.78, 5) is 0. The molecule has 1 aromatic carbocycles. The third-order valence-corrected chi connectivity index (χ3v) is 4.10. The van der Waals surface area contributed by atoms with Gasteiger partial charge in [-0.1, -0.05) is 12.1 Å². The molecular weight excluding hydrogens is 321 g/mol. The zero-order valence-electron chi connectivity index (χ0n) is 12.2. The first-order chi connectivity index (χ1) is 9.99. The molecule has 4 nitrogen and oxygen atoms in total. The molecule has 0 aliphatic carbocycles. The molecule has 1 heterocycles. The van der Waals surface area contributed by atoms with Crippen LogP contribution in [0.4, 0.5) is 13.2 Å². The predicted molar refractivity (Wildman–Crippen MR) is 73.7 cm³/mol. The second-order valence-electron chi connectivity index (χ2n) is 5.68. The summed E-state index contributed by atoms with van der Waals surface area (Å²) in [7, 11) is -3.56. The molecular formula is C14H17F3O4S. The lowest BCUT2D eigenvalue weighted by atomic mass is 10.0. The molecule has 0 N–H and O–H groups in total. The van der Waals surface area contributed by atoms with Gasteiger partial charge in [0.25, 0.3) is 10.1 Å². The fourth-order valence-corrected chi connectivity index (χ4v) is 2.82. The molecule has 2 rings (SSSR count). The van der Waals surface area contributed by atoms with E-state index in [-0.39, 0.29) is 12.7 Å². The lowest BCUT2D eigenvalue weighted by molar-refractivity contribution is -0.137. The van der Waals surface area contributed by atoms with Crippen molar-refractivity contribution in [3.05, 3.63) is 35.4 Å². The second kappa shape index (κ2) is 5.82. The number of rotatable bonds is 4. The summed E-state index contributed by atoms with van der Waals surface area (Å²) >= 11 is 0. The molecule has 1 aromatic rings. The van der Waals surface area contributed by atoms with Crippen molar-refractivity contribution in [1.29, 1.82) is 0 Å². The van der Waals surface area contributed by atoms with E-state index in [4.69, 9.17) is 8.92 Å². The van der Waals surface area contributed by atoms with Crippen molar-refractivity contribution in [2.24, 2.45) is 0 Å². The van der Waals surface area contributed by atoms with E-state index < -0.39 is 27.5 Å². The summed E-state index contributed by atoms with van der Waals surface area (Å²) in [5.41, 5.74) is -0.843. The summed E-state index contributed by atoms with van der Waals surface area (Å²) in [5, 5.41) is 0. The average molecular weight is 338 g/mol. The van der Waals surface area contributed by atoms with Crippen molar-refractivity contribution in [2.45, 2.75) is 37.6 Å². The standard InChI is InChI=1S/C14H17F3O4S/c1-13(9-20-22(2,18)19)8-7-12(21-13)10-3-5-11(6-4-10)14(15,16)17/h3-6,12H,7-9H2,1-2H3. The van der Waals surface area contributed by atoms with Crippen molar-refractivity contribution < 1.29 is 30.5 Å². The molecule has 1 fully saturated rings. The number of halogens is 3. The van der Waals surface area contributed by atoms with E-state index in [1.54, 1.807) is 6.92 Å². The summed E-state index contributed by atoms with van der Waals surface area (Å²) in [6.07, 6.45) is -2.62. The minimum atomic E-state index is -4.37. The molecule has 0 saturated carbocycles. The molecule has 22 heavy (non-hydrogen) atoms. The van der Waals surface area contributed by atoms with Crippen LogP contribution in [-0.4, -0.2) is 26.9 Å². The maximum Gasteiger partial charge on any atom is 0.416 e. The summed E-state index contributed by atoms with van der Waals surface area (Å²) < 4.78 is 70.2. The third kappa shape index (κ3) is 4.44. The first-order valence-corrected chi connectivity index (χ1v) is 8.50. The summed E-state index contributed by atoms with van der Waals surface area (Å²) in [6.45, 7) is 1.62. The summed E-state index contributed by atoms with van der Waals surface area (Å²) in [5.74, 6) is 0. The van der Waals surface area contributed by atoms with Gasteiger partial charge >= 0.3 is 6.18 Å². The van der Waals surface area contributed by atoms with Gasteiger partial charge in [0, 0.05) is 0 Å². The number of ether oxygens (including phenoxy) is 1. The smallest absolute Gasteiger partial charge is 0.365 e. The highest BCUT2D eigenvalue weighted by atomic mass is 32.2. The fourth-order valence-electron chi connectivity index (χ4n) is 2.36. The maximum atomic E-state index is 12.5. The Bertz CT molecular complexity index is 624. The zero-order valence-corrected chi connectivity index (χ0v) is 13.0. The van der Waals surface area contributed by atoms with Crippen molar-refractivity contribution in [1.82, 2.24) is 0 Å². The molecule has 1 aliphatic heterocycles. The van der Waals surface area contributed by atoms with Crippen LogP contribution in [0.3, 0.4) is 0 Å². The molecule has 0 radical (unpaired) electrons. The molecule has 1 aliphatic rings. The molecule has 8 heteroatoms. The van der Waals surface area contributed by atoms with Crippen LogP contribution >= 0.6 is 0 Å². The fraction of sp³-hybridized carbons (Fsp3) is 0.571. The van der Waals surface area contributed by atoms with E-state index in [1.807, 2.05) is 0 Å². The van der Waals surface area contributed by atoms with E-state index >= 15 is 0 Å². The highest BCUT2D eigenvalue weighted by Crippen LogP contribution is 2.40. The van der Waals surface area contributed by atoms with E-state index in [0.717, 1.165) is 18.4 Å². The lowest BCUT2D eigenvalue weighted by Gasteiger charge is -2.24. The zero-order chi connectivity index (χ0) is 16.6. The first-order valence-electron chi connectivity index (χ1n) is 6.68. The molecule has 124 valence electrons. The van der Waals surface area contributed by atoms with Gasteiger partial charge in [-0.05, 0) is 37.5 Å². The van der Waals surface area contributed by atoms with E-state index in [1.165, 1.54) is 12.1 Å². The van der Waals surface area contributed by atoms with Crippen molar-refractivity contribution in [2.75, 3.05) is 12.9 Å². The molecule has 0 spiro atoms. The van der Waals surface area contributed by atoms with Gasteiger partial charge in [0.05, 0.1) is 30.1 Å². The van der Waals surface area contributed by atoms with Crippen LogP contribution in [0.2, 0.25) is 0 Å². The SMILES string of the molecule is CC1(COS(C)(=O)=O)CCC(c2ccc(C(F)(F)F)cc2)O1. The minimum Gasteiger partial charge on any atom is -0.365 e. The van der Waals surface area contributed by atoms with Gasteiger partial charge in [-0.25, -0.2) is 0 Å². The topological polar surface area (TPSA) is 52.6 Å². The Morgan fingerprint density at radius 2 is 1.91 bits per heavy atom. The number of benzene rings is 1. The largest absolute Gasteiger partial charge is 0.416 e. The number of hydrogen-bond donors (Lipinski definition) is 0. The van der Waals surface area contributed by atoms with Gasteiger partial charge in [-0.2, -0.15) is 21.6 Å². The van der Waals surface area contributed by atoms with Crippen LogP contribution in [0.1, 0.15) is 37.0 Å². The second-order valence-corrected chi connectivity index (χ2v) is 7.33. The molecule has 0 amide bonds. The molecule has 0 aromatic heterocycles. The van der Waals surface area contributed by atoms with Crippen LogP contribution < -0.4 is 0 Å². The average Bonchev–Trinajstić information content (AvgIpc) is 2.78. The third-order valence-electron chi connectivity index (χ3n) is 3.55. The van der Waals surface area contributed by atoms with Crippen LogP contribution in [0.5, 0.6) is 0 Å². The molecule has 2 unspecified atom stereocenters. The predicted octanol–water partition coefficient (Wildman–Crippen LogP) is 3.29. The molecule has 0 bridgehead atoms. The lowest BCUT2D eigenvalue weighted by Crippen LogP contribution is -2.31. The normalized spacial score (nSPS) is 26.3. The van der Waals surface area contributed by atoms with Gasteiger partial charge < -0.3 is 4.74 Å². The van der Waals surface area contributed by atoms with Crippen molar-refractivity contribution >= 4 is 10.1 Å².